The predicted molar refractivity (Wildman–Crippen MR) is 148 cm³/mol. The number of para-hydroxylation sites is 2. The fraction of sp³-hybridized carbons (Fsp3) is 0.538. The molecule has 1 unspecified atom stereocenters. The summed E-state index contributed by atoms with van der Waals surface area (Å²) in [5, 5.41) is 7.05. The van der Waals surface area contributed by atoms with Gasteiger partial charge in [-0.25, -0.2) is 5.26 Å². The molecule has 0 heterocycles. The molecule has 0 radical (unpaired) electrons. The van der Waals surface area contributed by atoms with Crippen LogP contribution in [0.3, 0.4) is 0 Å². The molecule has 224 valence electrons. The number of hydrogen-bond acceptors (Lipinski definition) is 10. The molecule has 2 aromatic carbocycles. The minimum atomic E-state index is -5.01. The minimum absolute atomic E-state index is 0. The van der Waals surface area contributed by atoms with Crippen LogP contribution in [0.2, 0.25) is 0 Å². The van der Waals surface area contributed by atoms with E-state index in [1.165, 1.54) is 11.1 Å². The molecule has 1 atom stereocenters. The summed E-state index contributed by atoms with van der Waals surface area (Å²) in [6, 6.07) is 12.3. The molecule has 15 heteroatoms. The quantitative estimate of drug-likeness (QED) is 0.0894. The molecule has 2 aromatic rings. The van der Waals surface area contributed by atoms with Crippen molar-refractivity contribution in [3.63, 3.8) is 0 Å². The van der Waals surface area contributed by atoms with Crippen molar-refractivity contribution < 1.29 is 108 Å². The fourth-order valence-corrected chi connectivity index (χ4v) is 3.79. The van der Waals surface area contributed by atoms with Gasteiger partial charge in [-0.2, -0.15) is 0 Å². The van der Waals surface area contributed by atoms with Crippen molar-refractivity contribution in [2.24, 2.45) is 0 Å². The third-order valence-corrected chi connectivity index (χ3v) is 5.98. The van der Waals surface area contributed by atoms with E-state index in [1.807, 2.05) is 45.9 Å². The average molecular weight is 657 g/mol. The van der Waals surface area contributed by atoms with Gasteiger partial charge in [0.2, 0.25) is 0 Å². The van der Waals surface area contributed by atoms with Crippen molar-refractivity contribution in [1.29, 1.82) is 0 Å². The van der Waals surface area contributed by atoms with Gasteiger partial charge in [0.05, 0.1) is 7.82 Å². The molecule has 2 rings (SSSR count). The minimum Gasteiger partial charge on any atom is -0.790 e. The number of phosphoric acid groups is 1. The zero-order chi connectivity index (χ0) is 30.3. The van der Waals surface area contributed by atoms with Gasteiger partial charge in [-0.1, -0.05) is 103 Å². The van der Waals surface area contributed by atoms with Gasteiger partial charge in [0.1, 0.15) is 11.5 Å². The zero-order valence-electron chi connectivity index (χ0n) is 25.6. The molecule has 0 spiro atoms. The van der Waals surface area contributed by atoms with Crippen LogP contribution in [-0.2, 0) is 18.3 Å². The van der Waals surface area contributed by atoms with Crippen LogP contribution in [0, 0.1) is 0 Å². The van der Waals surface area contributed by atoms with Crippen LogP contribution in [0.1, 0.15) is 103 Å². The summed E-state index contributed by atoms with van der Waals surface area (Å²) in [6.07, 6.45) is 0. The van der Waals surface area contributed by atoms with Crippen molar-refractivity contribution in [1.82, 2.24) is 0 Å². The molecule has 0 saturated heterocycles. The van der Waals surface area contributed by atoms with E-state index in [2.05, 4.69) is 55.1 Å². The van der Waals surface area contributed by atoms with E-state index in [1.54, 1.807) is 0 Å². The smallest absolute Gasteiger partial charge is 0.790 e. The van der Waals surface area contributed by atoms with Crippen molar-refractivity contribution in [3.8, 4) is 11.5 Å². The Labute approximate surface area is 295 Å². The van der Waals surface area contributed by atoms with Crippen LogP contribution in [0.4, 0.5) is 0 Å². The first-order chi connectivity index (χ1) is 18.1. The van der Waals surface area contributed by atoms with E-state index < -0.39 is 22.9 Å². The SMILES string of the molecule is CC(C)c1cccc(C(C)C)c1OCCl.CC(C)c1cccc(C(C)C)c1OCOP(=O)([O-])[O-].O=[P+]([O-])OO.[HH].[Na+].[Na+]. The Hall–Kier alpha value is 0.420. The van der Waals surface area contributed by atoms with Crippen molar-refractivity contribution in [2.75, 3.05) is 12.9 Å². The Morgan fingerprint density at radius 2 is 1.10 bits per heavy atom. The summed E-state index contributed by atoms with van der Waals surface area (Å²) in [4.78, 5) is 29.8. The Bertz CT molecular complexity index is 1020. The Morgan fingerprint density at radius 3 is 1.32 bits per heavy atom. The fourth-order valence-electron chi connectivity index (χ4n) is 3.50. The first kappa shape index (κ1) is 45.8. The van der Waals surface area contributed by atoms with E-state index in [0.717, 1.165) is 16.9 Å². The van der Waals surface area contributed by atoms with E-state index in [4.69, 9.17) is 35.8 Å². The summed E-state index contributed by atoms with van der Waals surface area (Å²) in [5.41, 5.74) is 4.39. The molecule has 0 aliphatic carbocycles. The number of benzene rings is 2. The van der Waals surface area contributed by atoms with Gasteiger partial charge in [-0.15, -0.1) is 0 Å². The Morgan fingerprint density at radius 1 is 0.805 bits per heavy atom. The largest absolute Gasteiger partial charge is 1.00 e. The molecule has 0 aliphatic heterocycles. The molecule has 0 aromatic heterocycles. The topological polar surface area (TPSA) is 160 Å². The third kappa shape index (κ3) is 18.7. The summed E-state index contributed by atoms with van der Waals surface area (Å²) >= 11 is 5.67. The second-order valence-electron chi connectivity index (χ2n) is 9.55. The summed E-state index contributed by atoms with van der Waals surface area (Å²) in [5.74, 6) is 2.93. The Kier molecular flexibility index (Phi) is 26.6. The first-order valence-electron chi connectivity index (χ1n) is 12.3. The molecule has 0 fully saturated rings. The molecular weight excluding hydrogens is 616 g/mol. The van der Waals surface area contributed by atoms with Gasteiger partial charge in [-0.05, 0) is 50.5 Å². The standard InChI is InChI=1S/C13H19ClO.C13H21O5P.2Na.HO4P.H2/c1-9(2)11-6-5-7-12(10(3)4)13(11)15-8-14;1-9(2)11-6-5-7-12(10(3)4)13(11)17-8-18-19(14,15)16;;;1-4-5(2)3;/h5-7,9-10H,8H2,1-4H3;5-7,9-10H,8H2,1-4H3,(H2,14,15,16);;;1H;1H/q;;2*+1;;/p-2. The molecule has 0 aliphatic rings. The van der Waals surface area contributed by atoms with Crippen LogP contribution in [-0.4, -0.2) is 18.1 Å². The first-order valence-corrected chi connectivity index (χ1v) is 15.4. The second kappa shape index (κ2) is 23.8. The van der Waals surface area contributed by atoms with Crippen LogP contribution in [0.15, 0.2) is 36.4 Å². The Balaban J connectivity index is -0.000000283. The van der Waals surface area contributed by atoms with Crippen LogP contribution in [0.25, 0.3) is 0 Å². The van der Waals surface area contributed by atoms with Crippen molar-refractivity contribution in [2.45, 2.75) is 79.1 Å². The maximum absolute atomic E-state index is 10.4. The average Bonchev–Trinajstić information content (AvgIpc) is 2.83. The van der Waals surface area contributed by atoms with Gasteiger partial charge in [-0.3, -0.25) is 0 Å². The molecule has 0 bridgehead atoms. The number of halogens is 1. The maximum atomic E-state index is 10.4. The summed E-state index contributed by atoms with van der Waals surface area (Å²) in [7, 11) is -8.05. The summed E-state index contributed by atoms with van der Waals surface area (Å²) < 4.78 is 37.1. The normalized spacial score (nSPS) is 11.1. The third-order valence-electron chi connectivity index (χ3n) is 5.32. The van der Waals surface area contributed by atoms with Gasteiger partial charge < -0.3 is 33.2 Å². The maximum Gasteiger partial charge on any atom is 1.00 e. The van der Waals surface area contributed by atoms with E-state index >= 15 is 0 Å². The predicted octanol–water partition coefficient (Wildman–Crippen LogP) is 0.371. The van der Waals surface area contributed by atoms with E-state index in [9.17, 15) is 14.4 Å². The van der Waals surface area contributed by atoms with Gasteiger partial charge >= 0.3 is 67.4 Å². The molecule has 0 saturated carbocycles. The molecule has 0 amide bonds. The monoisotopic (exact) mass is 656 g/mol. The summed E-state index contributed by atoms with van der Waals surface area (Å²) in [6.45, 7) is 16.1. The zero-order valence-corrected chi connectivity index (χ0v) is 32.1. The number of phosphoric ester groups is 1. The molecule has 41 heavy (non-hydrogen) atoms. The number of rotatable bonds is 11. The van der Waals surface area contributed by atoms with Crippen molar-refractivity contribution >= 4 is 27.7 Å². The van der Waals surface area contributed by atoms with Crippen LogP contribution >= 0.6 is 27.7 Å². The van der Waals surface area contributed by atoms with Crippen molar-refractivity contribution in [3.05, 3.63) is 58.7 Å². The molecule has 10 nitrogen and oxygen atoms in total. The van der Waals surface area contributed by atoms with Crippen LogP contribution in [0.5, 0.6) is 11.5 Å². The van der Waals surface area contributed by atoms with Gasteiger partial charge in [0.15, 0.2) is 12.9 Å². The van der Waals surface area contributed by atoms with E-state index in [-0.39, 0.29) is 78.4 Å². The van der Waals surface area contributed by atoms with Gasteiger partial charge in [0, 0.05) is 6.10 Å². The van der Waals surface area contributed by atoms with Gasteiger partial charge in [0.25, 0.3) is 0 Å². The van der Waals surface area contributed by atoms with Crippen LogP contribution < -0.4 is 83.3 Å². The number of alkyl halides is 1. The number of hydrogen-bond donors (Lipinski definition) is 1. The second-order valence-corrected chi connectivity index (χ2v) is 11.5. The number of ether oxygens (including phenoxy) is 2. The molecular formula is C26H41ClNa2O10P2. The van der Waals surface area contributed by atoms with E-state index in [0.29, 0.717) is 17.6 Å². The molecule has 1 N–H and O–H groups in total.